The summed E-state index contributed by atoms with van der Waals surface area (Å²) in [6.07, 6.45) is 1.76. The second-order valence-electron chi connectivity index (χ2n) is 8.84. The summed E-state index contributed by atoms with van der Waals surface area (Å²) >= 11 is 0. The number of esters is 1. The summed E-state index contributed by atoms with van der Waals surface area (Å²) < 4.78 is 16.1. The fourth-order valence-electron chi connectivity index (χ4n) is 3.75. The normalized spacial score (nSPS) is 18.9. The lowest BCUT2D eigenvalue weighted by Crippen LogP contribution is -2.42. The Morgan fingerprint density at radius 1 is 1.07 bits per heavy atom. The van der Waals surface area contributed by atoms with Crippen molar-refractivity contribution in [3.05, 3.63) is 42.0 Å². The molecule has 0 aromatic heterocycles. The van der Waals surface area contributed by atoms with Gasteiger partial charge in [0.25, 0.3) is 11.8 Å². The summed E-state index contributed by atoms with van der Waals surface area (Å²) in [5.74, 6) is -3.90. The zero-order valence-corrected chi connectivity index (χ0v) is 25.0. The molecule has 2 aliphatic rings. The molecular formula is C29H39N3O12. The number of carboxylic acids is 1. The highest BCUT2D eigenvalue weighted by Gasteiger charge is 2.34. The number of aliphatic carboxylic acids is 1. The van der Waals surface area contributed by atoms with Crippen molar-refractivity contribution in [1.29, 1.82) is 0 Å². The minimum absolute atomic E-state index is 0.00474. The Hall–Kier alpha value is -4.60. The molecule has 1 saturated heterocycles. The molecule has 1 aromatic rings. The second-order valence-corrected chi connectivity index (χ2v) is 8.84. The number of benzene rings is 1. The Kier molecular flexibility index (Phi) is 16.6. The lowest BCUT2D eigenvalue weighted by molar-refractivity contribution is -0.195. The zero-order valence-electron chi connectivity index (χ0n) is 25.0. The minimum atomic E-state index is -1.26. The molecule has 44 heavy (non-hydrogen) atoms. The number of carbonyl (C=O) groups excluding carboxylic acids is 5. The van der Waals surface area contributed by atoms with Crippen LogP contribution in [-0.2, 0) is 38.2 Å². The Labute approximate surface area is 254 Å². The zero-order chi connectivity index (χ0) is 33.2. The number of rotatable bonds is 12. The molecule has 0 radical (unpaired) electrons. The van der Waals surface area contributed by atoms with E-state index in [1.807, 2.05) is 13.8 Å². The molecule has 3 atom stereocenters. The summed E-state index contributed by atoms with van der Waals surface area (Å²) in [6, 6.07) is 4.71. The van der Waals surface area contributed by atoms with Crippen molar-refractivity contribution in [3.63, 3.8) is 0 Å². The lowest BCUT2D eigenvalue weighted by atomic mass is 10.1. The molecule has 4 amide bonds. The number of carbonyl (C=O) groups is 6. The number of imide groups is 1. The first kappa shape index (κ1) is 37.4. The molecule has 242 valence electrons. The van der Waals surface area contributed by atoms with Crippen molar-refractivity contribution in [1.82, 2.24) is 10.2 Å². The van der Waals surface area contributed by atoms with Gasteiger partial charge in [0.1, 0.15) is 18.9 Å². The van der Waals surface area contributed by atoms with Crippen molar-refractivity contribution in [2.75, 3.05) is 32.1 Å². The fourth-order valence-corrected chi connectivity index (χ4v) is 3.75. The van der Waals surface area contributed by atoms with E-state index in [0.29, 0.717) is 5.56 Å². The van der Waals surface area contributed by atoms with E-state index in [1.165, 1.54) is 13.0 Å². The fraction of sp³-hybridized carbons (Fsp3) is 0.448. The van der Waals surface area contributed by atoms with Crippen molar-refractivity contribution < 1.29 is 58.3 Å². The SMILES string of the molecule is CC.CC(=O)OC/C=C/c1ccc(OC2CC(O)CC(C(=O)O)O2)c(NC(=O)CCNC(=O)CN2C(=O)C=CC2=O)c1.CO. The maximum Gasteiger partial charge on any atom is 0.333 e. The van der Waals surface area contributed by atoms with Crippen LogP contribution in [0, 0.1) is 0 Å². The summed E-state index contributed by atoms with van der Waals surface area (Å²) in [5, 5.41) is 31.4. The van der Waals surface area contributed by atoms with Gasteiger partial charge in [0.05, 0.1) is 11.8 Å². The van der Waals surface area contributed by atoms with Crippen LogP contribution in [0.15, 0.2) is 36.4 Å². The lowest BCUT2D eigenvalue weighted by Gasteiger charge is -2.31. The highest BCUT2D eigenvalue weighted by atomic mass is 16.7. The third-order valence-electron chi connectivity index (χ3n) is 5.65. The predicted molar refractivity (Wildman–Crippen MR) is 156 cm³/mol. The molecule has 5 N–H and O–H groups in total. The van der Waals surface area contributed by atoms with Gasteiger partial charge in [-0.25, -0.2) is 4.79 Å². The van der Waals surface area contributed by atoms with Crippen molar-refractivity contribution in [2.45, 2.75) is 58.5 Å². The van der Waals surface area contributed by atoms with E-state index in [0.717, 1.165) is 24.2 Å². The van der Waals surface area contributed by atoms with Crippen LogP contribution in [-0.4, -0.2) is 101 Å². The molecule has 2 aliphatic heterocycles. The van der Waals surface area contributed by atoms with Gasteiger partial charge in [-0.15, -0.1) is 0 Å². The van der Waals surface area contributed by atoms with Crippen LogP contribution in [0.3, 0.4) is 0 Å². The Bertz CT molecular complexity index is 1210. The molecular weight excluding hydrogens is 582 g/mol. The molecule has 15 heteroatoms. The number of hydrogen-bond donors (Lipinski definition) is 5. The van der Waals surface area contributed by atoms with Crippen molar-refractivity contribution in [3.8, 4) is 5.75 Å². The first-order valence-corrected chi connectivity index (χ1v) is 13.7. The summed E-state index contributed by atoms with van der Waals surface area (Å²) in [7, 11) is 1.00. The number of amides is 4. The number of nitrogens with zero attached hydrogens (tertiary/aromatic N) is 1. The predicted octanol–water partition coefficient (Wildman–Crippen LogP) is 0.597. The molecule has 3 unspecified atom stereocenters. The van der Waals surface area contributed by atoms with Crippen LogP contribution in [0.4, 0.5) is 5.69 Å². The van der Waals surface area contributed by atoms with Gasteiger partial charge < -0.3 is 40.2 Å². The quantitative estimate of drug-likeness (QED) is 0.160. The van der Waals surface area contributed by atoms with Gasteiger partial charge in [0.2, 0.25) is 18.1 Å². The number of hydrogen-bond acceptors (Lipinski definition) is 11. The molecule has 15 nitrogen and oxygen atoms in total. The summed E-state index contributed by atoms with van der Waals surface area (Å²) in [5.41, 5.74) is 0.797. The standard InChI is InChI=1S/C26H29N3O11.C2H6.CH4O/c1-15(30)38-10-2-3-16-4-5-19(39-25-13-17(31)12-20(40-25)26(36)37)18(11-16)28-21(32)8-9-27-22(33)14-29-23(34)6-7-24(29)35;2*1-2/h2-7,11,17,20,25,31H,8-10,12-14H2,1H3,(H,27,33)(H,28,32)(H,36,37);1-2H3;2H,1H3/b3-2+;;. The Morgan fingerprint density at radius 2 is 1.73 bits per heavy atom. The van der Waals surface area contributed by atoms with E-state index < -0.39 is 60.6 Å². The maximum absolute atomic E-state index is 12.7. The Balaban J connectivity index is 0.00000232. The van der Waals surface area contributed by atoms with Crippen LogP contribution < -0.4 is 15.4 Å². The average molecular weight is 622 g/mol. The summed E-state index contributed by atoms with van der Waals surface area (Å²) in [6.45, 7) is 4.74. The van der Waals surface area contributed by atoms with Gasteiger partial charge in [0, 0.05) is 52.0 Å². The van der Waals surface area contributed by atoms with Gasteiger partial charge in [-0.2, -0.15) is 0 Å². The Morgan fingerprint density at radius 3 is 2.34 bits per heavy atom. The van der Waals surface area contributed by atoms with E-state index in [4.69, 9.17) is 19.3 Å². The first-order valence-electron chi connectivity index (χ1n) is 13.7. The minimum Gasteiger partial charge on any atom is -0.479 e. The van der Waals surface area contributed by atoms with E-state index in [2.05, 4.69) is 10.6 Å². The van der Waals surface area contributed by atoms with E-state index in [1.54, 1.807) is 24.3 Å². The number of aliphatic hydroxyl groups is 2. The molecule has 0 bridgehead atoms. The molecule has 0 saturated carbocycles. The smallest absolute Gasteiger partial charge is 0.333 e. The van der Waals surface area contributed by atoms with Crippen molar-refractivity contribution >= 4 is 47.3 Å². The number of aliphatic hydroxyl groups excluding tert-OH is 2. The number of nitrogens with one attached hydrogen (secondary N) is 2. The van der Waals surface area contributed by atoms with Crippen molar-refractivity contribution in [2.24, 2.45) is 0 Å². The van der Waals surface area contributed by atoms with Gasteiger partial charge in [-0.05, 0) is 23.8 Å². The number of carboxylic acid groups (broad SMARTS) is 1. The number of ether oxygens (including phenoxy) is 3. The highest BCUT2D eigenvalue weighted by molar-refractivity contribution is 6.14. The molecule has 0 spiro atoms. The van der Waals surface area contributed by atoms with Gasteiger partial charge in [0.15, 0.2) is 6.10 Å². The van der Waals surface area contributed by atoms with Crippen LogP contribution in [0.2, 0.25) is 0 Å². The van der Waals surface area contributed by atoms with E-state index in [9.17, 15) is 39.0 Å². The molecule has 1 fully saturated rings. The molecule has 2 heterocycles. The van der Waals surface area contributed by atoms with Crippen LogP contribution in [0.25, 0.3) is 6.08 Å². The molecule has 1 aromatic carbocycles. The van der Waals surface area contributed by atoms with E-state index in [-0.39, 0.29) is 43.9 Å². The van der Waals surface area contributed by atoms with E-state index >= 15 is 0 Å². The van der Waals surface area contributed by atoms with Crippen LogP contribution in [0.1, 0.15) is 45.6 Å². The maximum atomic E-state index is 12.7. The largest absolute Gasteiger partial charge is 0.479 e. The third-order valence-corrected chi connectivity index (χ3v) is 5.65. The van der Waals surface area contributed by atoms with Crippen LogP contribution >= 0.6 is 0 Å². The highest BCUT2D eigenvalue weighted by Crippen LogP contribution is 2.31. The van der Waals surface area contributed by atoms with Gasteiger partial charge in [-0.1, -0.05) is 26.0 Å². The monoisotopic (exact) mass is 621 g/mol. The average Bonchev–Trinajstić information content (AvgIpc) is 3.30. The molecule has 0 aliphatic carbocycles. The third kappa shape index (κ3) is 12.7. The number of anilines is 1. The summed E-state index contributed by atoms with van der Waals surface area (Å²) in [4.78, 5) is 70.9. The van der Waals surface area contributed by atoms with Gasteiger partial charge >= 0.3 is 11.9 Å². The topological polar surface area (TPSA) is 218 Å². The van der Waals surface area contributed by atoms with Gasteiger partial charge in [-0.3, -0.25) is 28.9 Å². The van der Waals surface area contributed by atoms with Crippen LogP contribution in [0.5, 0.6) is 5.75 Å². The second kappa shape index (κ2) is 19.6. The first-order chi connectivity index (χ1) is 21.0. The molecule has 3 rings (SSSR count).